The van der Waals surface area contributed by atoms with Crippen molar-refractivity contribution in [3.8, 4) is 11.5 Å². The molecule has 1 aliphatic heterocycles. The Morgan fingerprint density at radius 3 is 2.74 bits per heavy atom. The van der Waals surface area contributed by atoms with E-state index in [1.807, 2.05) is 32.2 Å². The molecule has 138 valence electrons. The largest absolute Gasteiger partial charge is 0.478 e. The maximum Gasteiger partial charge on any atom is 0.336 e. The first-order valence-electron chi connectivity index (χ1n) is 8.82. The second-order valence-corrected chi connectivity index (χ2v) is 5.74. The zero-order valence-electron chi connectivity index (χ0n) is 15.5. The Bertz CT molecular complexity index is 1050. The van der Waals surface area contributed by atoms with Gasteiger partial charge in [-0.05, 0) is 31.2 Å². The number of hydrogen-bond donors (Lipinski definition) is 2. The van der Waals surface area contributed by atoms with Crippen LogP contribution in [-0.4, -0.2) is 33.8 Å². The summed E-state index contributed by atoms with van der Waals surface area (Å²) in [6.45, 7) is 6.42. The molecule has 6 heteroatoms. The predicted octanol–water partition coefficient (Wildman–Crippen LogP) is 4.86. The molecule has 0 saturated heterocycles. The number of aromatic amines is 1. The average Bonchev–Trinajstić information content (AvgIpc) is 3.34. The lowest BCUT2D eigenvalue weighted by Gasteiger charge is -2.11. The van der Waals surface area contributed by atoms with Gasteiger partial charge in [0.1, 0.15) is 17.1 Å². The monoisotopic (exact) mass is 363 g/mol. The first kappa shape index (κ1) is 18.4. The van der Waals surface area contributed by atoms with Crippen LogP contribution in [0.2, 0.25) is 0 Å². The summed E-state index contributed by atoms with van der Waals surface area (Å²) >= 11 is 0. The normalized spacial score (nSPS) is 12.5. The molecule has 0 saturated carbocycles. The van der Waals surface area contributed by atoms with Crippen LogP contribution in [0.15, 0.2) is 47.6 Å². The summed E-state index contributed by atoms with van der Waals surface area (Å²) < 4.78 is 6.01. The Hall–Kier alpha value is -3.41. The van der Waals surface area contributed by atoms with Gasteiger partial charge in [0.2, 0.25) is 0 Å². The molecule has 0 fully saturated rings. The highest BCUT2D eigenvalue weighted by molar-refractivity contribution is 6.12. The van der Waals surface area contributed by atoms with Gasteiger partial charge in [-0.15, -0.1) is 0 Å². The third-order valence-electron chi connectivity index (χ3n) is 4.18. The van der Waals surface area contributed by atoms with Crippen molar-refractivity contribution in [2.45, 2.75) is 20.8 Å². The van der Waals surface area contributed by atoms with Crippen LogP contribution in [0.5, 0.6) is 11.5 Å². The number of carboxylic acid groups (broad SMARTS) is 1. The number of allylic oxidation sites excluding steroid dienone is 1. The van der Waals surface area contributed by atoms with Crippen LogP contribution in [0.4, 0.5) is 0 Å². The number of aromatic nitrogens is 2. The second kappa shape index (κ2) is 7.86. The molecular weight excluding hydrogens is 342 g/mol. The van der Waals surface area contributed by atoms with Gasteiger partial charge in [0.15, 0.2) is 0 Å². The van der Waals surface area contributed by atoms with Crippen molar-refractivity contribution in [2.75, 3.05) is 6.54 Å². The number of carbonyl (C=O) groups is 1. The summed E-state index contributed by atoms with van der Waals surface area (Å²) in [5.74, 6) is 0.157. The lowest BCUT2D eigenvalue weighted by Crippen LogP contribution is -2.01. The second-order valence-electron chi connectivity index (χ2n) is 5.74. The van der Waals surface area contributed by atoms with Gasteiger partial charge in [-0.25, -0.2) is 9.78 Å². The molecule has 0 spiro atoms. The Balaban J connectivity index is 0.00000102. The molecule has 2 aromatic heterocycles. The van der Waals surface area contributed by atoms with Crippen molar-refractivity contribution in [3.63, 3.8) is 0 Å². The molecule has 4 rings (SSSR count). The van der Waals surface area contributed by atoms with Crippen LogP contribution >= 0.6 is 0 Å². The first-order chi connectivity index (χ1) is 13.1. The molecule has 2 N–H and O–H groups in total. The Labute approximate surface area is 157 Å². The van der Waals surface area contributed by atoms with E-state index in [4.69, 9.17) is 4.74 Å². The topological polar surface area (TPSA) is 87.6 Å². The van der Waals surface area contributed by atoms with Gasteiger partial charge >= 0.3 is 5.97 Å². The summed E-state index contributed by atoms with van der Waals surface area (Å²) in [5.41, 5.74) is 3.47. The molecule has 0 atom stereocenters. The molecule has 0 bridgehead atoms. The number of aliphatic imine (C=N–C) groups is 1. The number of H-pyrrole nitrogens is 1. The van der Waals surface area contributed by atoms with E-state index in [0.717, 1.165) is 16.7 Å². The molecule has 1 aliphatic rings. The van der Waals surface area contributed by atoms with Gasteiger partial charge in [0, 0.05) is 29.2 Å². The van der Waals surface area contributed by atoms with Crippen molar-refractivity contribution < 1.29 is 14.6 Å². The molecule has 6 nitrogen and oxygen atoms in total. The third-order valence-corrected chi connectivity index (χ3v) is 4.18. The number of aromatic carboxylic acids is 1. The smallest absolute Gasteiger partial charge is 0.336 e. The number of pyridine rings is 1. The molecule has 1 aromatic carbocycles. The van der Waals surface area contributed by atoms with Gasteiger partial charge in [0.25, 0.3) is 0 Å². The molecule has 27 heavy (non-hydrogen) atoms. The van der Waals surface area contributed by atoms with E-state index in [-0.39, 0.29) is 5.56 Å². The molecule has 0 aliphatic carbocycles. The van der Waals surface area contributed by atoms with Crippen LogP contribution in [0.25, 0.3) is 16.6 Å². The fourth-order valence-electron chi connectivity index (χ4n) is 2.86. The Morgan fingerprint density at radius 1 is 1.22 bits per heavy atom. The fourth-order valence-corrected chi connectivity index (χ4v) is 2.86. The van der Waals surface area contributed by atoms with Crippen molar-refractivity contribution >= 4 is 28.8 Å². The van der Waals surface area contributed by atoms with Crippen molar-refractivity contribution in [3.05, 3.63) is 59.4 Å². The van der Waals surface area contributed by atoms with E-state index in [1.165, 1.54) is 0 Å². The van der Waals surface area contributed by atoms with E-state index < -0.39 is 5.97 Å². The maximum atomic E-state index is 11.3. The zero-order valence-corrected chi connectivity index (χ0v) is 15.5. The summed E-state index contributed by atoms with van der Waals surface area (Å²) in [6.07, 6.45) is 5.52. The lowest BCUT2D eigenvalue weighted by atomic mass is 10.1. The maximum absolute atomic E-state index is 11.3. The number of carboxylic acids is 1. The number of benzene rings is 1. The van der Waals surface area contributed by atoms with Crippen molar-refractivity contribution in [1.29, 1.82) is 0 Å². The lowest BCUT2D eigenvalue weighted by molar-refractivity contribution is 0.0695. The molecule has 3 heterocycles. The highest BCUT2D eigenvalue weighted by atomic mass is 16.5. The number of nitrogens with one attached hydrogen (secondary N) is 1. The van der Waals surface area contributed by atoms with E-state index >= 15 is 0 Å². The molecule has 0 amide bonds. The highest BCUT2D eigenvalue weighted by Crippen LogP contribution is 2.33. The van der Waals surface area contributed by atoms with Crippen LogP contribution in [0.1, 0.15) is 35.5 Å². The van der Waals surface area contributed by atoms with E-state index in [2.05, 4.69) is 15.0 Å². The summed E-state index contributed by atoms with van der Waals surface area (Å²) in [7, 11) is 0. The molecule has 3 aromatic rings. The van der Waals surface area contributed by atoms with Crippen LogP contribution in [0, 0.1) is 6.92 Å². The number of hydrogen-bond acceptors (Lipinski definition) is 4. The molecule has 0 radical (unpaired) electrons. The zero-order chi connectivity index (χ0) is 19.4. The van der Waals surface area contributed by atoms with Crippen LogP contribution in [-0.2, 0) is 0 Å². The Kier molecular flexibility index (Phi) is 5.35. The van der Waals surface area contributed by atoms with Gasteiger partial charge in [-0.1, -0.05) is 26.0 Å². The van der Waals surface area contributed by atoms with Gasteiger partial charge in [-0.2, -0.15) is 0 Å². The van der Waals surface area contributed by atoms with Crippen molar-refractivity contribution in [2.24, 2.45) is 4.99 Å². The average molecular weight is 363 g/mol. The number of rotatable bonds is 4. The standard InChI is InChI=1S/C19H15N3O3.C2H6/c1-11-13(19(23)24)3-2-4-16(11)25-17-6-8-21-18-14(17)9-15(22-18)12-5-7-20-10-12;1-2/h2-6,8-10H,7H2,1H3,(H,21,22)(H,23,24);1-2H3. The predicted molar refractivity (Wildman–Crippen MR) is 107 cm³/mol. The molecule has 0 unspecified atom stereocenters. The van der Waals surface area contributed by atoms with Gasteiger partial charge in [-0.3, -0.25) is 4.99 Å². The van der Waals surface area contributed by atoms with Gasteiger partial charge in [0.05, 0.1) is 17.5 Å². The van der Waals surface area contributed by atoms with Crippen LogP contribution < -0.4 is 4.74 Å². The summed E-state index contributed by atoms with van der Waals surface area (Å²) in [6, 6.07) is 8.73. The van der Waals surface area contributed by atoms with E-state index in [9.17, 15) is 9.90 Å². The quantitative estimate of drug-likeness (QED) is 0.693. The molecular formula is C21H21N3O3. The fraction of sp³-hybridized carbons (Fsp3) is 0.190. The minimum absolute atomic E-state index is 0.227. The minimum Gasteiger partial charge on any atom is -0.478 e. The number of fused-ring (bicyclic) bond motifs is 1. The summed E-state index contributed by atoms with van der Waals surface area (Å²) in [4.78, 5) is 23.1. The number of ether oxygens (including phenoxy) is 1. The minimum atomic E-state index is -0.973. The highest BCUT2D eigenvalue weighted by Gasteiger charge is 2.15. The van der Waals surface area contributed by atoms with Crippen molar-refractivity contribution in [1.82, 2.24) is 9.97 Å². The first-order valence-corrected chi connectivity index (χ1v) is 8.82. The summed E-state index contributed by atoms with van der Waals surface area (Å²) in [5, 5.41) is 10.1. The Morgan fingerprint density at radius 2 is 2.04 bits per heavy atom. The van der Waals surface area contributed by atoms with Crippen LogP contribution in [0.3, 0.4) is 0 Å². The van der Waals surface area contributed by atoms with E-state index in [1.54, 1.807) is 37.4 Å². The number of nitrogens with zero attached hydrogens (tertiary/aromatic N) is 2. The third kappa shape index (κ3) is 3.60. The van der Waals surface area contributed by atoms with E-state index in [0.29, 0.717) is 29.3 Å². The van der Waals surface area contributed by atoms with Gasteiger partial charge < -0.3 is 14.8 Å². The SMILES string of the molecule is CC.Cc1c(Oc2ccnc3[nH]c(C4=CCN=C4)cc23)cccc1C(=O)O.